The van der Waals surface area contributed by atoms with E-state index in [0.717, 1.165) is 31.7 Å². The molecular weight excluding hydrogens is 178 g/mol. The molecule has 0 saturated carbocycles. The first-order valence-corrected chi connectivity index (χ1v) is 5.07. The third kappa shape index (κ3) is 2.13. The molecule has 14 heavy (non-hydrogen) atoms. The Balaban J connectivity index is 1.90. The zero-order valence-electron chi connectivity index (χ0n) is 8.52. The third-order valence-corrected chi connectivity index (χ3v) is 2.78. The predicted octanol–water partition coefficient (Wildman–Crippen LogP) is 0.326. The maximum Gasteiger partial charge on any atom is 0.0640 e. The molecule has 2 N–H and O–H groups in total. The van der Waals surface area contributed by atoms with Crippen molar-refractivity contribution in [2.24, 2.45) is 18.7 Å². The van der Waals surface area contributed by atoms with Gasteiger partial charge in [0.05, 0.1) is 12.3 Å². The quantitative estimate of drug-likeness (QED) is 0.756. The number of hydrogen-bond donors (Lipinski definition) is 1. The van der Waals surface area contributed by atoms with Crippen LogP contribution in [-0.4, -0.2) is 29.0 Å². The average Bonchev–Trinajstić information content (AvgIpc) is 2.75. The molecule has 2 atom stereocenters. The van der Waals surface area contributed by atoms with Crippen molar-refractivity contribution >= 4 is 0 Å². The molecule has 1 aromatic rings. The normalized spacial score (nSPS) is 24.0. The van der Waals surface area contributed by atoms with Gasteiger partial charge in [0.25, 0.3) is 0 Å². The van der Waals surface area contributed by atoms with Gasteiger partial charge in [-0.3, -0.25) is 4.68 Å². The first kappa shape index (κ1) is 9.68. The average molecular weight is 195 g/mol. The highest BCUT2D eigenvalue weighted by atomic mass is 16.5. The maximum atomic E-state index is 6.09. The molecule has 0 bridgehead atoms. The summed E-state index contributed by atoms with van der Waals surface area (Å²) in [5.74, 6) is 0.511. The minimum absolute atomic E-state index is 0.187. The van der Waals surface area contributed by atoms with Crippen LogP contribution < -0.4 is 5.73 Å². The number of aryl methyl sites for hydroxylation is 1. The molecule has 2 heterocycles. The van der Waals surface area contributed by atoms with E-state index in [9.17, 15) is 0 Å². The second-order valence-electron chi connectivity index (χ2n) is 3.97. The molecule has 0 amide bonds. The van der Waals surface area contributed by atoms with Crippen molar-refractivity contribution in [3.63, 3.8) is 0 Å². The summed E-state index contributed by atoms with van der Waals surface area (Å²) < 4.78 is 7.13. The van der Waals surface area contributed by atoms with E-state index in [1.54, 1.807) is 0 Å². The van der Waals surface area contributed by atoms with Crippen LogP contribution in [-0.2, 0) is 18.2 Å². The van der Waals surface area contributed by atoms with Gasteiger partial charge < -0.3 is 10.5 Å². The Hall–Kier alpha value is -0.870. The number of nitrogens with two attached hydrogens (primary N) is 1. The van der Waals surface area contributed by atoms with Gasteiger partial charge in [0.1, 0.15) is 0 Å². The monoisotopic (exact) mass is 195 g/mol. The Kier molecular flexibility index (Phi) is 2.84. The SMILES string of the molecule is Cn1ccc(CC(N)C2CCOC2)n1. The first-order valence-electron chi connectivity index (χ1n) is 5.07. The summed E-state index contributed by atoms with van der Waals surface area (Å²) in [6.07, 6.45) is 3.90. The summed E-state index contributed by atoms with van der Waals surface area (Å²) in [6.45, 7) is 1.68. The van der Waals surface area contributed by atoms with E-state index in [1.165, 1.54) is 0 Å². The molecule has 2 unspecified atom stereocenters. The molecule has 78 valence electrons. The topological polar surface area (TPSA) is 53.1 Å². The van der Waals surface area contributed by atoms with E-state index in [-0.39, 0.29) is 6.04 Å². The van der Waals surface area contributed by atoms with E-state index in [2.05, 4.69) is 5.10 Å². The zero-order chi connectivity index (χ0) is 9.97. The second-order valence-corrected chi connectivity index (χ2v) is 3.97. The first-order chi connectivity index (χ1) is 6.75. The largest absolute Gasteiger partial charge is 0.381 e. The van der Waals surface area contributed by atoms with Crippen molar-refractivity contribution in [1.82, 2.24) is 9.78 Å². The van der Waals surface area contributed by atoms with Crippen LogP contribution in [0.3, 0.4) is 0 Å². The van der Waals surface area contributed by atoms with Crippen LogP contribution in [0.1, 0.15) is 12.1 Å². The highest BCUT2D eigenvalue weighted by Crippen LogP contribution is 2.17. The van der Waals surface area contributed by atoms with Gasteiger partial charge in [0, 0.05) is 32.3 Å². The highest BCUT2D eigenvalue weighted by Gasteiger charge is 2.23. The maximum absolute atomic E-state index is 6.09. The van der Waals surface area contributed by atoms with Gasteiger partial charge in [-0.2, -0.15) is 5.10 Å². The molecule has 2 rings (SSSR count). The molecule has 1 aromatic heterocycles. The van der Waals surface area contributed by atoms with Gasteiger partial charge in [0.2, 0.25) is 0 Å². The van der Waals surface area contributed by atoms with E-state index in [0.29, 0.717) is 5.92 Å². The Morgan fingerprint density at radius 1 is 1.79 bits per heavy atom. The van der Waals surface area contributed by atoms with Crippen LogP contribution in [0.4, 0.5) is 0 Å². The zero-order valence-corrected chi connectivity index (χ0v) is 8.52. The fraction of sp³-hybridized carbons (Fsp3) is 0.700. The van der Waals surface area contributed by atoms with Gasteiger partial charge in [-0.05, 0) is 18.4 Å². The van der Waals surface area contributed by atoms with Gasteiger partial charge in [-0.15, -0.1) is 0 Å². The summed E-state index contributed by atoms with van der Waals surface area (Å²) in [5.41, 5.74) is 7.17. The lowest BCUT2D eigenvalue weighted by Gasteiger charge is -2.15. The van der Waals surface area contributed by atoms with E-state index in [4.69, 9.17) is 10.5 Å². The predicted molar refractivity (Wildman–Crippen MR) is 53.8 cm³/mol. The Labute approximate surface area is 84.0 Å². The van der Waals surface area contributed by atoms with Gasteiger partial charge in [-0.1, -0.05) is 0 Å². The second kappa shape index (κ2) is 4.11. The molecule has 1 saturated heterocycles. The minimum atomic E-state index is 0.187. The fourth-order valence-corrected chi connectivity index (χ4v) is 1.87. The molecule has 0 aliphatic carbocycles. The third-order valence-electron chi connectivity index (χ3n) is 2.78. The van der Waals surface area contributed by atoms with Crippen LogP contribution in [0, 0.1) is 5.92 Å². The summed E-state index contributed by atoms with van der Waals surface area (Å²) in [7, 11) is 1.92. The lowest BCUT2D eigenvalue weighted by Crippen LogP contribution is -2.32. The Morgan fingerprint density at radius 2 is 2.64 bits per heavy atom. The standard InChI is InChI=1S/C10H17N3O/c1-13-4-2-9(12-13)6-10(11)8-3-5-14-7-8/h2,4,8,10H,3,5-7,11H2,1H3. The highest BCUT2D eigenvalue weighted by molar-refractivity contribution is 5.01. The summed E-state index contributed by atoms with van der Waals surface area (Å²) in [5, 5.41) is 4.32. The van der Waals surface area contributed by atoms with Crippen molar-refractivity contribution < 1.29 is 4.74 Å². The molecule has 1 fully saturated rings. The van der Waals surface area contributed by atoms with Gasteiger partial charge >= 0.3 is 0 Å². The van der Waals surface area contributed by atoms with Crippen molar-refractivity contribution in [3.05, 3.63) is 18.0 Å². The summed E-state index contributed by atoms with van der Waals surface area (Å²) >= 11 is 0. The van der Waals surface area contributed by atoms with Crippen LogP contribution in [0.15, 0.2) is 12.3 Å². The van der Waals surface area contributed by atoms with Crippen LogP contribution in [0.2, 0.25) is 0 Å². The molecule has 1 aliphatic heterocycles. The fourth-order valence-electron chi connectivity index (χ4n) is 1.87. The molecule has 4 heteroatoms. The van der Waals surface area contributed by atoms with Gasteiger partial charge in [-0.25, -0.2) is 0 Å². The molecular formula is C10H17N3O. The molecule has 0 spiro atoms. The van der Waals surface area contributed by atoms with Crippen LogP contribution in [0.25, 0.3) is 0 Å². The van der Waals surface area contributed by atoms with E-state index in [1.807, 2.05) is 24.0 Å². The Bertz CT molecular complexity index is 291. The molecule has 4 nitrogen and oxygen atoms in total. The van der Waals surface area contributed by atoms with Crippen molar-refractivity contribution in [3.8, 4) is 0 Å². The summed E-state index contributed by atoms with van der Waals surface area (Å²) in [4.78, 5) is 0. The van der Waals surface area contributed by atoms with Crippen LogP contribution in [0.5, 0.6) is 0 Å². The van der Waals surface area contributed by atoms with Crippen molar-refractivity contribution in [1.29, 1.82) is 0 Å². The number of rotatable bonds is 3. The van der Waals surface area contributed by atoms with Crippen LogP contribution >= 0.6 is 0 Å². The number of ether oxygens (including phenoxy) is 1. The molecule has 1 aliphatic rings. The molecule has 0 aromatic carbocycles. The molecule has 0 radical (unpaired) electrons. The minimum Gasteiger partial charge on any atom is -0.381 e. The van der Waals surface area contributed by atoms with E-state index < -0.39 is 0 Å². The van der Waals surface area contributed by atoms with Crippen molar-refractivity contribution in [2.45, 2.75) is 18.9 Å². The lowest BCUT2D eigenvalue weighted by atomic mass is 9.96. The Morgan fingerprint density at radius 3 is 3.21 bits per heavy atom. The summed E-state index contributed by atoms with van der Waals surface area (Å²) in [6, 6.07) is 2.21. The van der Waals surface area contributed by atoms with E-state index >= 15 is 0 Å². The smallest absolute Gasteiger partial charge is 0.0640 e. The van der Waals surface area contributed by atoms with Crippen molar-refractivity contribution in [2.75, 3.05) is 13.2 Å². The number of hydrogen-bond acceptors (Lipinski definition) is 3. The number of aromatic nitrogens is 2. The lowest BCUT2D eigenvalue weighted by molar-refractivity contribution is 0.180. The van der Waals surface area contributed by atoms with Gasteiger partial charge in [0.15, 0.2) is 0 Å². The number of nitrogens with zero attached hydrogens (tertiary/aromatic N) is 2.